The van der Waals surface area contributed by atoms with Gasteiger partial charge in [0.2, 0.25) is 0 Å². The van der Waals surface area contributed by atoms with Crippen molar-refractivity contribution in [2.45, 2.75) is 133 Å². The van der Waals surface area contributed by atoms with Gasteiger partial charge in [-0.2, -0.15) is 0 Å². The van der Waals surface area contributed by atoms with E-state index >= 15 is 0 Å². The van der Waals surface area contributed by atoms with Gasteiger partial charge in [-0.3, -0.25) is 43.2 Å². The fourth-order valence-corrected chi connectivity index (χ4v) is 9.65. The predicted molar refractivity (Wildman–Crippen MR) is 325 cm³/mol. The molecule has 23 nitrogen and oxygen atoms in total. The third kappa shape index (κ3) is 22.4. The van der Waals surface area contributed by atoms with Gasteiger partial charge in [0.1, 0.15) is 23.0 Å². The molecule has 0 aliphatic heterocycles. The Morgan fingerprint density at radius 2 is 0.686 bits per heavy atom. The molecular formula is C63H87N9O14. The number of nitrogens with two attached hydrogens (primary N) is 5. The lowest BCUT2D eigenvalue weighted by Crippen LogP contribution is -2.42. The topological polar surface area (TPSA) is 389 Å². The summed E-state index contributed by atoms with van der Waals surface area (Å²) in [6.45, 7) is 1.41. The number of carbonyl (C=O) groups is 9. The molecule has 86 heavy (non-hydrogen) atoms. The first kappa shape index (κ1) is 70.4. The molecule has 0 radical (unpaired) electrons. The number of nitrogens with one attached hydrogen (secondary N) is 4. The highest BCUT2D eigenvalue weighted by Gasteiger charge is 2.29. The van der Waals surface area contributed by atoms with Crippen molar-refractivity contribution in [1.29, 1.82) is 0 Å². The summed E-state index contributed by atoms with van der Waals surface area (Å²) < 4.78 is 22.0. The number of Topliss-reactive ketones (excluding diaryl/α,β-unsaturated/α-hetero) is 4. The van der Waals surface area contributed by atoms with Crippen molar-refractivity contribution in [3.63, 3.8) is 0 Å². The van der Waals surface area contributed by atoms with Crippen LogP contribution in [0.25, 0.3) is 0 Å². The molecule has 0 aliphatic rings. The summed E-state index contributed by atoms with van der Waals surface area (Å²) in [5.41, 5.74) is 31.3. The Kier molecular flexibility index (Phi) is 30.6. The molecule has 4 aromatic rings. The lowest BCUT2D eigenvalue weighted by Gasteiger charge is -2.21. The molecule has 15 N–H and O–H groups in total. The molecule has 0 aromatic heterocycles. The average Bonchev–Trinajstić information content (AvgIpc) is 3.56. The molecule has 468 valence electrons. The van der Waals surface area contributed by atoms with Crippen LogP contribution in [0.3, 0.4) is 0 Å². The smallest absolute Gasteiger partial charge is 0.305 e. The van der Waals surface area contributed by atoms with Crippen LogP contribution in [0.1, 0.15) is 147 Å². The van der Waals surface area contributed by atoms with Gasteiger partial charge >= 0.3 is 5.97 Å². The summed E-state index contributed by atoms with van der Waals surface area (Å²) in [6, 6.07) is 15.0. The molecule has 4 atom stereocenters. The Labute approximate surface area is 502 Å². The third-order valence-electron chi connectivity index (χ3n) is 14.5. The Bertz CT molecular complexity index is 2950. The summed E-state index contributed by atoms with van der Waals surface area (Å²) in [6.07, 6.45) is 4.87. The Hall–Kier alpha value is -8.09. The molecule has 23 heteroatoms. The molecular weight excluding hydrogens is 1110 g/mol. The minimum Gasteiger partial charge on any atom is -0.496 e. The highest BCUT2D eigenvalue weighted by molar-refractivity contribution is 6.04. The zero-order valence-corrected chi connectivity index (χ0v) is 49.9. The van der Waals surface area contributed by atoms with E-state index in [1.54, 1.807) is 36.4 Å². The van der Waals surface area contributed by atoms with Gasteiger partial charge in [0.05, 0.1) is 81.3 Å². The van der Waals surface area contributed by atoms with Gasteiger partial charge in [-0.25, -0.2) is 0 Å². The van der Waals surface area contributed by atoms with Gasteiger partial charge in [-0.1, -0.05) is 30.7 Å². The maximum absolute atomic E-state index is 14.4. The summed E-state index contributed by atoms with van der Waals surface area (Å²) in [5.74, 6) is -4.15. The number of hydrogen-bond acceptors (Lipinski definition) is 18. The second-order valence-corrected chi connectivity index (χ2v) is 20.9. The normalized spacial score (nSPS) is 12.4. The van der Waals surface area contributed by atoms with Gasteiger partial charge in [0, 0.05) is 32.2 Å². The van der Waals surface area contributed by atoms with E-state index < -0.39 is 59.5 Å². The van der Waals surface area contributed by atoms with Crippen LogP contribution in [-0.2, 0) is 49.7 Å². The van der Waals surface area contributed by atoms with Gasteiger partial charge in [-0.15, -0.1) is 0 Å². The van der Waals surface area contributed by atoms with Crippen molar-refractivity contribution < 1.29 is 67.2 Å². The predicted octanol–water partition coefficient (Wildman–Crippen LogP) is 3.61. The molecule has 4 amide bonds. The molecule has 4 rings (SSSR count). The SMILES string of the molecule is COc1ccc(CC(=O)[C@H](CCCCN)NC(=O)c2cc(CC(=O)[C@H](CCCCN)NC(=O)c3cc(CC(=O)[C@H](CCCCN)NC(=O)c4cc(CC(=O)[C@@H](N)CCCCN)ccc4OC)ccc3OC)ccc2OC)cc1C(=O)NCCC(=O)O. The second-order valence-electron chi connectivity index (χ2n) is 20.9. The molecule has 0 saturated heterocycles. The van der Waals surface area contributed by atoms with Crippen molar-refractivity contribution in [3.8, 4) is 23.0 Å². The highest BCUT2D eigenvalue weighted by atomic mass is 16.5. The van der Waals surface area contributed by atoms with Crippen LogP contribution in [0.4, 0.5) is 0 Å². The summed E-state index contributed by atoms with van der Waals surface area (Å²) >= 11 is 0. The van der Waals surface area contributed by atoms with Crippen LogP contribution in [0.15, 0.2) is 72.8 Å². The van der Waals surface area contributed by atoms with E-state index in [1.165, 1.54) is 64.8 Å². The van der Waals surface area contributed by atoms with Crippen LogP contribution in [0, 0.1) is 0 Å². The number of aliphatic carboxylic acids is 1. The minimum absolute atomic E-state index is 0.0133. The summed E-state index contributed by atoms with van der Waals surface area (Å²) in [4.78, 5) is 122. The minimum atomic E-state index is -1.09. The van der Waals surface area contributed by atoms with E-state index in [9.17, 15) is 43.2 Å². The van der Waals surface area contributed by atoms with Crippen molar-refractivity contribution in [3.05, 3.63) is 117 Å². The molecule has 4 aromatic carbocycles. The van der Waals surface area contributed by atoms with Gasteiger partial charge in [0.15, 0.2) is 23.1 Å². The number of amides is 4. The zero-order valence-electron chi connectivity index (χ0n) is 49.9. The largest absolute Gasteiger partial charge is 0.496 e. The number of benzene rings is 4. The van der Waals surface area contributed by atoms with E-state index in [2.05, 4.69) is 21.3 Å². The van der Waals surface area contributed by atoms with E-state index in [0.29, 0.717) is 99.8 Å². The Morgan fingerprint density at radius 3 is 0.965 bits per heavy atom. The van der Waals surface area contributed by atoms with Crippen LogP contribution in [0.5, 0.6) is 23.0 Å². The van der Waals surface area contributed by atoms with Crippen LogP contribution in [0.2, 0.25) is 0 Å². The number of unbranched alkanes of at least 4 members (excludes halogenated alkanes) is 4. The van der Waals surface area contributed by atoms with Crippen molar-refractivity contribution in [2.75, 3.05) is 61.2 Å². The van der Waals surface area contributed by atoms with Crippen molar-refractivity contribution >= 4 is 52.7 Å². The van der Waals surface area contributed by atoms with Gasteiger partial charge < -0.3 is 74.0 Å². The number of carboxylic acids is 1. The Morgan fingerprint density at radius 1 is 0.407 bits per heavy atom. The number of ether oxygens (including phenoxy) is 4. The standard InChI is InChI=1S/C63H87N9O14/c1-83-55-21-18-40(31-43(55)60(79)69-30-25-59(77)78)36-52(74)48(14-6-10-27-65)71-62(81)45-33-42(20-23-57(45)85-3)38-54(76)50(16-8-12-29-67)72-63(82)46-34-41(19-24-58(46)86-4)37-53(75)49(15-7-11-28-66)70-61(80)44-32-39(17-22-56(44)84-2)35-51(73)47(68)13-5-9-26-64/h17-24,31-34,47-50H,5-16,25-30,35-38,64-68H2,1-4H3,(H,69,79)(H,70,80)(H,71,81)(H,72,82)(H,77,78)/t47-,48-,49-,50-/m0/s1. The molecule has 0 fully saturated rings. The van der Waals surface area contributed by atoms with E-state index in [0.717, 1.165) is 6.42 Å². The zero-order chi connectivity index (χ0) is 63.1. The van der Waals surface area contributed by atoms with E-state index in [4.69, 9.17) is 52.7 Å². The first-order chi connectivity index (χ1) is 41.3. The van der Waals surface area contributed by atoms with Gasteiger partial charge in [0.25, 0.3) is 23.6 Å². The summed E-state index contributed by atoms with van der Waals surface area (Å²) in [5, 5.41) is 20.2. The van der Waals surface area contributed by atoms with Crippen LogP contribution in [-0.4, -0.2) is 143 Å². The molecule has 0 heterocycles. The lowest BCUT2D eigenvalue weighted by atomic mass is 9.95. The van der Waals surface area contributed by atoms with Crippen molar-refractivity contribution in [2.24, 2.45) is 28.7 Å². The first-order valence-electron chi connectivity index (χ1n) is 29.1. The molecule has 0 saturated carbocycles. The fraction of sp³-hybridized carbons (Fsp3) is 0.476. The maximum atomic E-state index is 14.4. The van der Waals surface area contributed by atoms with Crippen molar-refractivity contribution in [1.82, 2.24) is 21.3 Å². The van der Waals surface area contributed by atoms with E-state index in [1.807, 2.05) is 0 Å². The van der Waals surface area contributed by atoms with Crippen LogP contribution < -0.4 is 68.9 Å². The lowest BCUT2D eigenvalue weighted by molar-refractivity contribution is -0.137. The number of carboxylic acid groups (broad SMARTS) is 1. The average molecular weight is 1190 g/mol. The number of methoxy groups -OCH3 is 4. The fourth-order valence-electron chi connectivity index (χ4n) is 9.65. The third-order valence-corrected chi connectivity index (χ3v) is 14.5. The number of ketones is 4. The molecule has 0 unspecified atom stereocenters. The quantitative estimate of drug-likeness (QED) is 0.0283. The molecule has 0 spiro atoms. The number of rotatable bonds is 42. The number of carbonyl (C=O) groups excluding carboxylic acids is 8. The van der Waals surface area contributed by atoms with Crippen LogP contribution >= 0.6 is 0 Å². The van der Waals surface area contributed by atoms with E-state index in [-0.39, 0.29) is 121 Å². The molecule has 0 bridgehead atoms. The second kappa shape index (κ2) is 37.4. The summed E-state index contributed by atoms with van der Waals surface area (Å²) in [7, 11) is 5.53. The molecule has 0 aliphatic carbocycles. The highest BCUT2D eigenvalue weighted by Crippen LogP contribution is 2.27. The monoisotopic (exact) mass is 1190 g/mol. The number of hydrogen-bond donors (Lipinski definition) is 10. The first-order valence-corrected chi connectivity index (χ1v) is 29.1. The maximum Gasteiger partial charge on any atom is 0.305 e. The van der Waals surface area contributed by atoms with Gasteiger partial charge in [-0.05, 0) is 168 Å². The Balaban J connectivity index is 1.55.